The van der Waals surface area contributed by atoms with Crippen LogP contribution in [0.2, 0.25) is 0 Å². The Morgan fingerprint density at radius 3 is 1.25 bits per heavy atom. The fourth-order valence-electron chi connectivity index (χ4n) is 4.00. The highest BCUT2D eigenvalue weighted by atomic mass is 16.6. The van der Waals surface area contributed by atoms with Gasteiger partial charge in [0.15, 0.2) is 0 Å². The Kier molecular flexibility index (Phi) is 5.68. The first-order valence-corrected chi connectivity index (χ1v) is 10.8. The van der Waals surface area contributed by atoms with Crippen LogP contribution in [0.15, 0.2) is 18.2 Å². The molecule has 4 fully saturated rings. The van der Waals surface area contributed by atoms with E-state index in [1.807, 2.05) is 0 Å². The highest BCUT2D eigenvalue weighted by molar-refractivity contribution is 5.30. The van der Waals surface area contributed by atoms with Crippen molar-refractivity contribution in [3.05, 3.63) is 34.9 Å². The lowest BCUT2D eigenvalue weighted by Crippen LogP contribution is -2.32. The van der Waals surface area contributed by atoms with Gasteiger partial charge >= 0.3 is 0 Å². The van der Waals surface area contributed by atoms with Crippen LogP contribution < -0.4 is 0 Å². The van der Waals surface area contributed by atoms with Crippen LogP contribution in [0.25, 0.3) is 0 Å². The van der Waals surface area contributed by atoms with E-state index in [1.165, 1.54) is 16.7 Å². The lowest BCUT2D eigenvalue weighted by Gasteiger charge is -2.23. The van der Waals surface area contributed by atoms with Crippen molar-refractivity contribution in [2.24, 2.45) is 0 Å². The zero-order valence-corrected chi connectivity index (χ0v) is 16.8. The Bertz CT molecular complexity index is 588. The second-order valence-electron chi connectivity index (χ2n) is 8.72. The monoisotopic (exact) mass is 388 g/mol. The topological polar surface area (TPSA) is 56.6 Å². The average Bonchev–Trinajstić information content (AvgIpc) is 3.52. The largest absolute Gasteiger partial charge is 0.372 e. The fraction of sp³-hybridized carbons (Fsp3) is 0.727. The maximum Gasteiger partial charge on any atom is 0.0936 e. The van der Waals surface area contributed by atoms with Crippen LogP contribution in [0.4, 0.5) is 0 Å². The molecule has 0 saturated carbocycles. The first kappa shape index (κ1) is 19.0. The quantitative estimate of drug-likeness (QED) is 0.477. The normalized spacial score (nSPS) is 30.1. The van der Waals surface area contributed by atoms with Gasteiger partial charge in [0.05, 0.1) is 50.8 Å². The van der Waals surface area contributed by atoms with E-state index in [0.29, 0.717) is 24.4 Å². The van der Waals surface area contributed by atoms with Crippen molar-refractivity contribution in [3.63, 3.8) is 0 Å². The predicted molar refractivity (Wildman–Crippen MR) is 105 cm³/mol. The minimum atomic E-state index is 0.417. The van der Waals surface area contributed by atoms with Gasteiger partial charge in [-0.3, -0.25) is 9.80 Å². The van der Waals surface area contributed by atoms with Gasteiger partial charge in [0.2, 0.25) is 0 Å². The second kappa shape index (κ2) is 8.38. The summed E-state index contributed by atoms with van der Waals surface area (Å²) in [5.41, 5.74) is 4.23. The molecule has 5 rings (SSSR count). The number of hydrogen-bond acceptors (Lipinski definition) is 6. The third-order valence-corrected chi connectivity index (χ3v) is 5.79. The maximum absolute atomic E-state index is 5.47. The van der Waals surface area contributed by atoms with Gasteiger partial charge < -0.3 is 18.9 Å². The number of rotatable bonds is 13. The number of hydrogen-bond donors (Lipinski definition) is 0. The van der Waals surface area contributed by atoms with E-state index in [9.17, 15) is 0 Å². The zero-order valence-electron chi connectivity index (χ0n) is 16.8. The first-order valence-electron chi connectivity index (χ1n) is 10.8. The van der Waals surface area contributed by atoms with Crippen molar-refractivity contribution >= 4 is 0 Å². The summed E-state index contributed by atoms with van der Waals surface area (Å²) in [6.07, 6.45) is 2.73. The lowest BCUT2D eigenvalue weighted by molar-refractivity contribution is 0.210. The van der Waals surface area contributed by atoms with E-state index in [-0.39, 0.29) is 0 Å². The van der Waals surface area contributed by atoms with Crippen molar-refractivity contribution in [1.29, 1.82) is 0 Å². The second-order valence-corrected chi connectivity index (χ2v) is 8.72. The molecule has 0 bridgehead atoms. The van der Waals surface area contributed by atoms with Crippen LogP contribution in [0.3, 0.4) is 0 Å². The highest BCUT2D eigenvalue weighted by Gasteiger charge is 2.32. The van der Waals surface area contributed by atoms with Crippen LogP contribution in [0, 0.1) is 0 Å². The van der Waals surface area contributed by atoms with E-state index in [0.717, 1.165) is 72.1 Å². The summed E-state index contributed by atoms with van der Waals surface area (Å²) in [6.45, 7) is 11.8. The molecule has 0 aromatic heterocycles. The Morgan fingerprint density at radius 2 is 0.964 bits per heavy atom. The van der Waals surface area contributed by atoms with Gasteiger partial charge in [0.25, 0.3) is 0 Å². The predicted octanol–water partition coefficient (Wildman–Crippen LogP) is 1.45. The lowest BCUT2D eigenvalue weighted by atomic mass is 10.0. The van der Waals surface area contributed by atoms with E-state index < -0.39 is 0 Å². The SMILES string of the molecule is CCc1cc(CN(CC2CO2)CC2CO2)cc(CN(CC2CO2)CC2CO2)c1. The van der Waals surface area contributed by atoms with Gasteiger partial charge in [-0.1, -0.05) is 25.1 Å². The van der Waals surface area contributed by atoms with Crippen LogP contribution in [-0.2, 0) is 38.5 Å². The number of ether oxygens (including phenoxy) is 4. The molecule has 0 N–H and O–H groups in total. The summed E-state index contributed by atoms with van der Waals surface area (Å²) in [7, 11) is 0. The van der Waals surface area contributed by atoms with Gasteiger partial charge in [-0.25, -0.2) is 0 Å². The fourth-order valence-corrected chi connectivity index (χ4v) is 4.00. The van der Waals surface area contributed by atoms with Crippen molar-refractivity contribution in [3.8, 4) is 0 Å². The molecule has 0 spiro atoms. The van der Waals surface area contributed by atoms with Gasteiger partial charge in [0.1, 0.15) is 0 Å². The van der Waals surface area contributed by atoms with E-state index >= 15 is 0 Å². The first-order chi connectivity index (χ1) is 13.7. The van der Waals surface area contributed by atoms with E-state index in [1.54, 1.807) is 0 Å². The summed E-state index contributed by atoms with van der Waals surface area (Å²) in [5, 5.41) is 0. The molecule has 1 aromatic rings. The molecule has 4 atom stereocenters. The molecule has 4 saturated heterocycles. The molecule has 154 valence electrons. The number of aryl methyl sites for hydroxylation is 1. The van der Waals surface area contributed by atoms with E-state index in [2.05, 4.69) is 34.9 Å². The maximum atomic E-state index is 5.47. The Hall–Kier alpha value is -1.02. The summed E-state index contributed by atoms with van der Waals surface area (Å²) in [6, 6.07) is 7.13. The minimum Gasteiger partial charge on any atom is -0.372 e. The van der Waals surface area contributed by atoms with Gasteiger partial charge in [-0.15, -0.1) is 0 Å². The molecule has 1 aromatic carbocycles. The summed E-state index contributed by atoms with van der Waals surface area (Å²) >= 11 is 0. The molecule has 28 heavy (non-hydrogen) atoms. The number of epoxide rings is 4. The third-order valence-electron chi connectivity index (χ3n) is 5.79. The molecule has 0 aliphatic carbocycles. The molecular weight excluding hydrogens is 356 g/mol. The van der Waals surface area contributed by atoms with Gasteiger partial charge in [-0.05, 0) is 23.1 Å². The highest BCUT2D eigenvalue weighted by Crippen LogP contribution is 2.22. The van der Waals surface area contributed by atoms with Gasteiger partial charge in [-0.2, -0.15) is 0 Å². The van der Waals surface area contributed by atoms with Crippen LogP contribution in [-0.4, -0.2) is 86.8 Å². The van der Waals surface area contributed by atoms with Crippen LogP contribution in [0.1, 0.15) is 23.6 Å². The Balaban J connectivity index is 1.26. The molecule has 4 unspecified atom stereocenters. The van der Waals surface area contributed by atoms with Crippen LogP contribution in [0.5, 0.6) is 0 Å². The molecule has 4 aliphatic rings. The van der Waals surface area contributed by atoms with Crippen molar-refractivity contribution < 1.29 is 18.9 Å². The molecule has 4 aliphatic heterocycles. The van der Waals surface area contributed by atoms with Crippen molar-refractivity contribution in [1.82, 2.24) is 9.80 Å². The zero-order chi connectivity index (χ0) is 18.9. The van der Waals surface area contributed by atoms with Crippen molar-refractivity contribution in [2.75, 3.05) is 52.6 Å². The smallest absolute Gasteiger partial charge is 0.0936 e. The molecule has 0 radical (unpaired) electrons. The van der Waals surface area contributed by atoms with Crippen LogP contribution >= 0.6 is 0 Å². The van der Waals surface area contributed by atoms with Gasteiger partial charge in [0, 0.05) is 39.3 Å². The summed E-state index contributed by atoms with van der Waals surface area (Å²) in [5.74, 6) is 0. The van der Waals surface area contributed by atoms with E-state index in [4.69, 9.17) is 18.9 Å². The standard InChI is InChI=1S/C22H32N2O4/c1-2-16-3-17(6-23(8-19-12-25-19)9-20-13-26-20)5-18(4-16)7-24(10-21-14-27-21)11-22-15-28-22/h3-5,19-22H,2,6-15H2,1H3. The molecule has 6 heteroatoms. The molecule has 6 nitrogen and oxygen atoms in total. The minimum absolute atomic E-state index is 0.417. The molecule has 0 amide bonds. The van der Waals surface area contributed by atoms with Crippen molar-refractivity contribution in [2.45, 2.75) is 50.8 Å². The summed E-state index contributed by atoms with van der Waals surface area (Å²) < 4.78 is 21.9. The average molecular weight is 389 g/mol. The number of nitrogens with zero attached hydrogens (tertiary/aromatic N) is 2. The molecule has 4 heterocycles. The third kappa shape index (κ3) is 5.99. The Labute approximate surface area is 167 Å². The number of benzene rings is 1. The summed E-state index contributed by atoms with van der Waals surface area (Å²) in [4.78, 5) is 5.00. The Morgan fingerprint density at radius 1 is 0.643 bits per heavy atom. The molecular formula is C22H32N2O4.